The largest absolute Gasteiger partial charge is 0.368 e. The molecule has 0 atom stereocenters. The van der Waals surface area contributed by atoms with Gasteiger partial charge in [-0.2, -0.15) is 0 Å². The van der Waals surface area contributed by atoms with Crippen molar-refractivity contribution in [3.05, 3.63) is 12.7 Å². The molecule has 0 aromatic heterocycles. The Morgan fingerprint density at radius 3 is 2.57 bits per heavy atom. The lowest BCUT2D eigenvalue weighted by Gasteiger charge is -1.85. The van der Waals surface area contributed by atoms with E-state index < -0.39 is 5.97 Å². The quantitative estimate of drug-likeness (QED) is 0.307. The summed E-state index contributed by atoms with van der Waals surface area (Å²) in [7, 11) is 0. The summed E-state index contributed by atoms with van der Waals surface area (Å²) in [6.45, 7) is 3.01. The first-order valence-electron chi connectivity index (χ1n) is 1.45. The maximum atomic E-state index is 9.79. The molecule has 0 rings (SSSR count). The molecule has 4 nitrogen and oxygen atoms in total. The predicted octanol–water partition coefficient (Wildman–Crippen LogP) is 0.120. The monoisotopic (exact) mass is 104 g/mol. The van der Waals surface area contributed by atoms with Crippen LogP contribution in [-0.2, 0) is 14.7 Å². The molecular weight excluding hydrogens is 100 g/mol. The summed E-state index contributed by atoms with van der Waals surface area (Å²) in [6, 6.07) is 0. The highest BCUT2D eigenvalue weighted by Gasteiger charge is 1.90. The van der Waals surface area contributed by atoms with E-state index in [4.69, 9.17) is 5.26 Å². The normalized spacial score (nSPS) is 7.57. The molecule has 0 heterocycles. The van der Waals surface area contributed by atoms with Crippen LogP contribution in [0.3, 0.4) is 0 Å². The van der Waals surface area contributed by atoms with Crippen LogP contribution in [0.4, 0.5) is 0 Å². The second kappa shape index (κ2) is 3.32. The maximum Gasteiger partial charge on any atom is 0.368 e. The maximum absolute atomic E-state index is 9.79. The molecule has 0 unspecified atom stereocenters. The number of carbonyl (C=O) groups excluding carboxylic acids is 1. The zero-order valence-corrected chi connectivity index (χ0v) is 3.46. The zero-order chi connectivity index (χ0) is 5.70. The van der Waals surface area contributed by atoms with E-state index in [1.54, 1.807) is 0 Å². The predicted molar refractivity (Wildman–Crippen MR) is 20.0 cm³/mol. The van der Waals surface area contributed by atoms with Gasteiger partial charge in [0, 0.05) is 6.08 Å². The smallest absolute Gasteiger partial charge is 0.264 e. The van der Waals surface area contributed by atoms with Gasteiger partial charge >= 0.3 is 5.97 Å². The highest BCUT2D eigenvalue weighted by molar-refractivity contribution is 5.80. The summed E-state index contributed by atoms with van der Waals surface area (Å²) in [5.41, 5.74) is 0. The third-order valence-corrected chi connectivity index (χ3v) is 0.286. The molecule has 0 aliphatic carbocycles. The number of hydrogen-bond donors (Lipinski definition) is 1. The molecule has 4 heteroatoms. The first-order valence-corrected chi connectivity index (χ1v) is 1.45. The topological polar surface area (TPSA) is 55.8 Å². The molecule has 0 fully saturated rings. The van der Waals surface area contributed by atoms with Crippen LogP contribution in [0.25, 0.3) is 0 Å². The summed E-state index contributed by atoms with van der Waals surface area (Å²) in [5, 5.41) is 10.4. The van der Waals surface area contributed by atoms with Crippen molar-refractivity contribution in [2.45, 2.75) is 0 Å². The van der Waals surface area contributed by atoms with E-state index in [1.807, 2.05) is 0 Å². The van der Waals surface area contributed by atoms with Gasteiger partial charge in [0.1, 0.15) is 0 Å². The van der Waals surface area contributed by atoms with E-state index in [9.17, 15) is 4.79 Å². The van der Waals surface area contributed by atoms with Gasteiger partial charge in [-0.3, -0.25) is 4.89 Å². The van der Waals surface area contributed by atoms with Gasteiger partial charge in [-0.25, -0.2) is 10.1 Å². The molecule has 7 heavy (non-hydrogen) atoms. The molecule has 0 aliphatic heterocycles. The van der Waals surface area contributed by atoms with Gasteiger partial charge < -0.3 is 0 Å². The van der Waals surface area contributed by atoms with Crippen LogP contribution >= 0.6 is 0 Å². The molecule has 40 valence electrons. The summed E-state index contributed by atoms with van der Waals surface area (Å²) in [5.74, 6) is -0.831. The second-order valence-electron chi connectivity index (χ2n) is 0.681. The molecule has 0 aliphatic rings. The van der Waals surface area contributed by atoms with Crippen LogP contribution in [0.5, 0.6) is 0 Å². The third kappa shape index (κ3) is 2.95. The summed E-state index contributed by atoms with van der Waals surface area (Å²) >= 11 is 0. The van der Waals surface area contributed by atoms with Crippen molar-refractivity contribution >= 4 is 5.97 Å². The Bertz CT molecular complexity index is 77.0. The molecule has 0 amide bonds. The Morgan fingerprint density at radius 2 is 2.43 bits per heavy atom. The van der Waals surface area contributed by atoms with E-state index in [2.05, 4.69) is 16.5 Å². The minimum Gasteiger partial charge on any atom is -0.264 e. The fraction of sp³-hybridized carbons (Fsp3) is 0. The highest BCUT2D eigenvalue weighted by atomic mass is 17.5. The van der Waals surface area contributed by atoms with Crippen molar-refractivity contribution in [1.82, 2.24) is 0 Å². The van der Waals surface area contributed by atoms with E-state index in [-0.39, 0.29) is 0 Å². The van der Waals surface area contributed by atoms with Crippen LogP contribution in [0, 0.1) is 0 Å². The molecule has 0 aromatic rings. The van der Waals surface area contributed by atoms with Gasteiger partial charge in [-0.1, -0.05) is 6.58 Å². The van der Waals surface area contributed by atoms with Crippen molar-refractivity contribution in [1.29, 1.82) is 0 Å². The molecule has 0 radical (unpaired) electrons. The first-order chi connectivity index (χ1) is 3.31. The fourth-order valence-electron chi connectivity index (χ4n) is 0.0708. The first kappa shape index (κ1) is 6.13. The third-order valence-electron chi connectivity index (χ3n) is 0.286. The average Bonchev–Trinajstić information content (AvgIpc) is 1.68. The number of hydrogen-bond acceptors (Lipinski definition) is 4. The van der Waals surface area contributed by atoms with Crippen LogP contribution < -0.4 is 0 Å². The Morgan fingerprint density at radius 1 is 1.86 bits per heavy atom. The Labute approximate surface area is 39.8 Å². The van der Waals surface area contributed by atoms with Gasteiger partial charge in [0.2, 0.25) is 0 Å². The van der Waals surface area contributed by atoms with Gasteiger partial charge in [0.05, 0.1) is 0 Å². The van der Waals surface area contributed by atoms with Crippen LogP contribution in [-0.4, -0.2) is 11.2 Å². The molecule has 0 saturated heterocycles. The standard InChI is InChI=1S/C3H4O4/c1-2-3(4)6-7-5/h2,5H,1H2. The molecule has 1 N–H and O–H groups in total. The van der Waals surface area contributed by atoms with E-state index in [0.717, 1.165) is 6.08 Å². The van der Waals surface area contributed by atoms with Gasteiger partial charge in [0.25, 0.3) is 0 Å². The Balaban J connectivity index is 3.17. The van der Waals surface area contributed by atoms with Crippen LogP contribution in [0.2, 0.25) is 0 Å². The number of rotatable bonds is 2. The SMILES string of the molecule is C=CC(=O)OOO. The number of carbonyl (C=O) groups is 1. The molecule has 0 aromatic carbocycles. The highest BCUT2D eigenvalue weighted by Crippen LogP contribution is 1.74. The lowest BCUT2D eigenvalue weighted by atomic mass is 10.7. The fourth-order valence-corrected chi connectivity index (χ4v) is 0.0708. The summed E-state index contributed by atoms with van der Waals surface area (Å²) in [6.07, 6.45) is 0.857. The Hall–Kier alpha value is -0.870. The molecular formula is C3H4O4. The van der Waals surface area contributed by atoms with Crippen molar-refractivity contribution < 1.29 is 20.0 Å². The second-order valence-corrected chi connectivity index (χ2v) is 0.681. The van der Waals surface area contributed by atoms with Crippen molar-refractivity contribution in [3.63, 3.8) is 0 Å². The van der Waals surface area contributed by atoms with Crippen molar-refractivity contribution in [2.24, 2.45) is 0 Å². The van der Waals surface area contributed by atoms with Gasteiger partial charge in [-0.05, 0) is 5.04 Å². The molecule has 0 spiro atoms. The van der Waals surface area contributed by atoms with E-state index in [1.165, 1.54) is 0 Å². The minimum absolute atomic E-state index is 0.831. The average molecular weight is 104 g/mol. The summed E-state index contributed by atoms with van der Waals surface area (Å²) in [4.78, 5) is 13.3. The van der Waals surface area contributed by atoms with Crippen LogP contribution in [0.1, 0.15) is 0 Å². The lowest BCUT2D eigenvalue weighted by Crippen LogP contribution is -1.97. The summed E-state index contributed by atoms with van der Waals surface area (Å²) < 4.78 is 0. The Kier molecular flexibility index (Phi) is 2.91. The van der Waals surface area contributed by atoms with E-state index in [0.29, 0.717) is 0 Å². The lowest BCUT2D eigenvalue weighted by molar-refractivity contribution is -0.460. The molecule has 0 bridgehead atoms. The van der Waals surface area contributed by atoms with Gasteiger partial charge in [0.15, 0.2) is 0 Å². The van der Waals surface area contributed by atoms with Crippen LogP contribution in [0.15, 0.2) is 12.7 Å². The van der Waals surface area contributed by atoms with E-state index >= 15 is 0 Å². The molecule has 0 saturated carbocycles. The van der Waals surface area contributed by atoms with Gasteiger partial charge in [-0.15, -0.1) is 0 Å². The van der Waals surface area contributed by atoms with Crippen molar-refractivity contribution in [2.75, 3.05) is 0 Å². The minimum atomic E-state index is -0.831. The van der Waals surface area contributed by atoms with Crippen molar-refractivity contribution in [3.8, 4) is 0 Å². The zero-order valence-electron chi connectivity index (χ0n) is 3.46.